The van der Waals surface area contributed by atoms with Crippen molar-refractivity contribution in [1.29, 1.82) is 0 Å². The van der Waals surface area contributed by atoms with Crippen molar-refractivity contribution in [2.45, 2.75) is 48.3 Å². The molecule has 1 saturated carbocycles. The highest BCUT2D eigenvalue weighted by molar-refractivity contribution is 8.01. The lowest BCUT2D eigenvalue weighted by Gasteiger charge is -2.33. The normalized spacial score (nSPS) is 19.6. The van der Waals surface area contributed by atoms with Crippen LogP contribution in [-0.4, -0.2) is 79.3 Å². The van der Waals surface area contributed by atoms with Crippen LogP contribution >= 0.6 is 11.8 Å². The first kappa shape index (κ1) is 22.0. The van der Waals surface area contributed by atoms with E-state index in [0.29, 0.717) is 12.6 Å². The van der Waals surface area contributed by atoms with Gasteiger partial charge in [-0.1, -0.05) is 18.2 Å². The fraction of sp³-hybridized carbons (Fsp3) is 0.636. The number of carbonyl (C=O) groups excluding carboxylic acids is 1. The summed E-state index contributed by atoms with van der Waals surface area (Å²) in [5, 5.41) is 7.03. The largest absolute Gasteiger partial charge is 0.357 e. The third-order valence-corrected chi connectivity index (χ3v) is 7.02. The molecule has 6 nitrogen and oxygen atoms in total. The van der Waals surface area contributed by atoms with E-state index in [0.717, 1.165) is 45.0 Å². The Morgan fingerprint density at radius 3 is 2.52 bits per heavy atom. The van der Waals surface area contributed by atoms with Crippen LogP contribution in [0.15, 0.2) is 40.2 Å². The van der Waals surface area contributed by atoms with Gasteiger partial charge in [-0.3, -0.25) is 14.7 Å². The molecule has 1 aliphatic heterocycles. The molecule has 1 heterocycles. The number of guanidine groups is 1. The number of piperidine rings is 1. The number of hydrogen-bond acceptors (Lipinski definition) is 4. The molecule has 1 aliphatic carbocycles. The molecule has 1 amide bonds. The van der Waals surface area contributed by atoms with Gasteiger partial charge < -0.3 is 15.5 Å². The minimum absolute atomic E-state index is 0.178. The average Bonchev–Trinajstić information content (AvgIpc) is 3.48. The maximum Gasteiger partial charge on any atom is 0.236 e. The van der Waals surface area contributed by atoms with E-state index in [1.54, 1.807) is 4.90 Å². The number of aliphatic imine (C=N–C) groups is 1. The van der Waals surface area contributed by atoms with Crippen LogP contribution in [0.5, 0.6) is 0 Å². The Morgan fingerprint density at radius 2 is 1.93 bits per heavy atom. The summed E-state index contributed by atoms with van der Waals surface area (Å²) in [5.41, 5.74) is 0. The molecule has 7 heteroatoms. The Bertz CT molecular complexity index is 682. The molecule has 160 valence electrons. The molecule has 2 aliphatic rings. The minimum Gasteiger partial charge on any atom is -0.357 e. The zero-order chi connectivity index (χ0) is 20.7. The Kier molecular flexibility index (Phi) is 7.84. The van der Waals surface area contributed by atoms with Crippen molar-refractivity contribution >= 4 is 23.6 Å². The number of likely N-dealkylation sites (N-methyl/N-ethyl adjacent to an activating group) is 1. The van der Waals surface area contributed by atoms with Crippen molar-refractivity contribution in [2.75, 3.05) is 46.8 Å². The summed E-state index contributed by atoms with van der Waals surface area (Å²) in [6, 6.07) is 11.1. The van der Waals surface area contributed by atoms with E-state index in [9.17, 15) is 4.79 Å². The maximum atomic E-state index is 11.9. The maximum absolute atomic E-state index is 11.9. The molecular weight excluding hydrogens is 382 g/mol. The second kappa shape index (κ2) is 10.3. The second-order valence-corrected chi connectivity index (χ2v) is 9.82. The first-order valence-corrected chi connectivity index (χ1v) is 11.5. The number of nitrogens with one attached hydrogen (secondary N) is 2. The van der Waals surface area contributed by atoms with Crippen LogP contribution in [0.4, 0.5) is 0 Å². The fourth-order valence-corrected chi connectivity index (χ4v) is 4.70. The lowest BCUT2D eigenvalue weighted by atomic mass is 10.1. The Labute approximate surface area is 179 Å². The van der Waals surface area contributed by atoms with Crippen LogP contribution in [0.25, 0.3) is 0 Å². The number of carbonyl (C=O) groups is 1. The molecule has 0 radical (unpaired) electrons. The van der Waals surface area contributed by atoms with Gasteiger partial charge in [0.1, 0.15) is 0 Å². The first-order chi connectivity index (χ1) is 14.0. The molecule has 0 atom stereocenters. The van der Waals surface area contributed by atoms with Gasteiger partial charge in [-0.05, 0) is 44.7 Å². The summed E-state index contributed by atoms with van der Waals surface area (Å²) < 4.78 is 0.264. The lowest BCUT2D eigenvalue weighted by Crippen LogP contribution is -2.50. The van der Waals surface area contributed by atoms with Crippen molar-refractivity contribution in [3.05, 3.63) is 30.3 Å². The van der Waals surface area contributed by atoms with E-state index in [-0.39, 0.29) is 10.7 Å². The van der Waals surface area contributed by atoms with Gasteiger partial charge in [0.15, 0.2) is 5.96 Å². The van der Waals surface area contributed by atoms with Crippen molar-refractivity contribution in [3.8, 4) is 0 Å². The monoisotopic (exact) mass is 417 g/mol. The van der Waals surface area contributed by atoms with Crippen LogP contribution < -0.4 is 10.6 Å². The van der Waals surface area contributed by atoms with Crippen molar-refractivity contribution in [3.63, 3.8) is 0 Å². The number of amides is 1. The molecule has 0 bridgehead atoms. The molecule has 0 spiro atoms. The summed E-state index contributed by atoms with van der Waals surface area (Å²) in [6.45, 7) is 6.24. The van der Waals surface area contributed by atoms with Gasteiger partial charge in [0.05, 0.1) is 13.1 Å². The Balaban J connectivity index is 1.48. The molecule has 0 aromatic heterocycles. The average molecular weight is 418 g/mol. The lowest BCUT2D eigenvalue weighted by molar-refractivity contribution is -0.130. The molecule has 3 rings (SSSR count). The van der Waals surface area contributed by atoms with Crippen LogP contribution in [0.1, 0.15) is 32.6 Å². The summed E-state index contributed by atoms with van der Waals surface area (Å²) in [5.74, 6) is 1.10. The fourth-order valence-electron chi connectivity index (χ4n) is 3.48. The minimum atomic E-state index is 0.178. The molecule has 1 aromatic carbocycles. The van der Waals surface area contributed by atoms with Crippen LogP contribution in [0, 0.1) is 0 Å². The first-order valence-electron chi connectivity index (χ1n) is 10.7. The van der Waals surface area contributed by atoms with E-state index in [1.165, 1.54) is 17.7 Å². The molecule has 2 N–H and O–H groups in total. The number of likely N-dealkylation sites (tertiary alicyclic amines) is 1. The summed E-state index contributed by atoms with van der Waals surface area (Å²) in [4.78, 5) is 22.1. The van der Waals surface area contributed by atoms with E-state index in [2.05, 4.69) is 52.8 Å². The topological polar surface area (TPSA) is 60.0 Å². The van der Waals surface area contributed by atoms with Gasteiger partial charge in [-0.25, -0.2) is 0 Å². The van der Waals surface area contributed by atoms with Crippen molar-refractivity contribution in [2.24, 2.45) is 4.99 Å². The van der Waals surface area contributed by atoms with Gasteiger partial charge >= 0.3 is 0 Å². The van der Waals surface area contributed by atoms with Gasteiger partial charge in [-0.15, -0.1) is 11.8 Å². The molecule has 2 fully saturated rings. The van der Waals surface area contributed by atoms with Gasteiger partial charge in [0.25, 0.3) is 0 Å². The predicted octanol–water partition coefficient (Wildman–Crippen LogP) is 2.42. The van der Waals surface area contributed by atoms with Crippen LogP contribution in [0.2, 0.25) is 0 Å². The molecule has 1 saturated heterocycles. The molecule has 29 heavy (non-hydrogen) atoms. The standard InChI is InChI=1S/C22H35N5OS/c1-4-23-21(24-17-22(12-13-22)29-19-8-6-5-7-9-19)25-18-10-14-27(15-11-18)16-20(28)26(2)3/h5-9,18H,4,10-17H2,1-3H3,(H2,23,24,25). The number of rotatable bonds is 8. The highest BCUT2D eigenvalue weighted by atomic mass is 32.2. The third-order valence-electron chi connectivity index (χ3n) is 5.54. The summed E-state index contributed by atoms with van der Waals surface area (Å²) in [6.07, 6.45) is 4.53. The Hall–Kier alpha value is -1.73. The quantitative estimate of drug-likeness (QED) is 0.503. The predicted molar refractivity (Wildman–Crippen MR) is 122 cm³/mol. The third kappa shape index (κ3) is 6.93. The number of thioether (sulfide) groups is 1. The van der Waals surface area contributed by atoms with Gasteiger partial charge in [-0.2, -0.15) is 0 Å². The summed E-state index contributed by atoms with van der Waals surface area (Å²) in [7, 11) is 3.64. The summed E-state index contributed by atoms with van der Waals surface area (Å²) >= 11 is 1.97. The van der Waals surface area contributed by atoms with Crippen molar-refractivity contribution < 1.29 is 4.79 Å². The molecule has 1 aromatic rings. The highest BCUT2D eigenvalue weighted by Crippen LogP contribution is 2.51. The van der Waals surface area contributed by atoms with Gasteiger partial charge in [0, 0.05) is 49.4 Å². The number of hydrogen-bond donors (Lipinski definition) is 2. The van der Waals surface area contributed by atoms with E-state index >= 15 is 0 Å². The highest BCUT2D eigenvalue weighted by Gasteiger charge is 2.43. The van der Waals surface area contributed by atoms with Gasteiger partial charge in [0.2, 0.25) is 5.91 Å². The number of benzene rings is 1. The van der Waals surface area contributed by atoms with Crippen LogP contribution in [-0.2, 0) is 4.79 Å². The van der Waals surface area contributed by atoms with Crippen LogP contribution in [0.3, 0.4) is 0 Å². The second-order valence-electron chi connectivity index (χ2n) is 8.28. The Morgan fingerprint density at radius 1 is 1.24 bits per heavy atom. The molecular formula is C22H35N5OS. The SMILES string of the molecule is CCNC(=NCC1(Sc2ccccc2)CC1)NC1CCN(CC(=O)N(C)C)CC1. The van der Waals surface area contributed by atoms with E-state index in [4.69, 9.17) is 4.99 Å². The van der Waals surface area contributed by atoms with E-state index in [1.807, 2.05) is 25.9 Å². The number of nitrogens with zero attached hydrogens (tertiary/aromatic N) is 3. The smallest absolute Gasteiger partial charge is 0.236 e. The zero-order valence-electron chi connectivity index (χ0n) is 18.0. The van der Waals surface area contributed by atoms with Crippen molar-refractivity contribution in [1.82, 2.24) is 20.4 Å². The van der Waals surface area contributed by atoms with E-state index < -0.39 is 0 Å². The zero-order valence-corrected chi connectivity index (χ0v) is 18.8. The molecule has 0 unspecified atom stereocenters.